The molecule has 0 aromatic carbocycles. The van der Waals surface area contributed by atoms with Crippen LogP contribution in [-0.2, 0) is 17.6 Å². The first-order chi connectivity index (χ1) is 9.74. The van der Waals surface area contributed by atoms with Crippen molar-refractivity contribution in [1.29, 1.82) is 0 Å². The summed E-state index contributed by atoms with van der Waals surface area (Å²) in [5.41, 5.74) is 2.25. The molecule has 4 heteroatoms. The summed E-state index contributed by atoms with van der Waals surface area (Å²) in [7, 11) is 0. The van der Waals surface area contributed by atoms with Crippen LogP contribution in [0.2, 0.25) is 0 Å². The molecule has 2 atom stereocenters. The van der Waals surface area contributed by atoms with E-state index < -0.39 is 0 Å². The monoisotopic (exact) mass is 293 g/mol. The number of nitrogens with one attached hydrogen (secondary N) is 1. The van der Waals surface area contributed by atoms with E-state index in [1.807, 2.05) is 0 Å². The summed E-state index contributed by atoms with van der Waals surface area (Å²) < 4.78 is 5.55. The van der Waals surface area contributed by atoms with Gasteiger partial charge in [-0.15, -0.1) is 11.3 Å². The fraction of sp³-hybridized carbons (Fsp3) is 0.688. The summed E-state index contributed by atoms with van der Waals surface area (Å²) in [5.74, 6) is 0.695. The number of thiophene rings is 1. The van der Waals surface area contributed by atoms with E-state index in [1.165, 1.54) is 23.3 Å². The first-order valence-corrected chi connectivity index (χ1v) is 8.61. The van der Waals surface area contributed by atoms with Gasteiger partial charge in [0.1, 0.15) is 0 Å². The summed E-state index contributed by atoms with van der Waals surface area (Å²) in [6, 6.07) is 0. The molecular weight excluding hydrogens is 270 g/mol. The Balaban J connectivity index is 1.58. The van der Waals surface area contributed by atoms with Crippen LogP contribution < -0.4 is 5.32 Å². The second-order valence-corrected chi connectivity index (χ2v) is 7.00. The Morgan fingerprint density at radius 1 is 1.45 bits per heavy atom. The topological polar surface area (TPSA) is 38.3 Å². The van der Waals surface area contributed by atoms with Crippen molar-refractivity contribution in [3.63, 3.8) is 0 Å². The molecule has 1 fully saturated rings. The van der Waals surface area contributed by atoms with Crippen LogP contribution in [0, 0.1) is 5.92 Å². The second-order valence-electron chi connectivity index (χ2n) is 6.04. The Kier molecular flexibility index (Phi) is 4.41. The van der Waals surface area contributed by atoms with Gasteiger partial charge in [0.25, 0.3) is 5.91 Å². The molecule has 1 amide bonds. The first kappa shape index (κ1) is 14.1. The first-order valence-electron chi connectivity index (χ1n) is 7.73. The van der Waals surface area contributed by atoms with Crippen LogP contribution in [0.4, 0.5) is 0 Å². The van der Waals surface area contributed by atoms with Crippen molar-refractivity contribution in [3.8, 4) is 0 Å². The number of hydrogen-bond acceptors (Lipinski definition) is 3. The van der Waals surface area contributed by atoms with E-state index in [1.54, 1.807) is 11.3 Å². The zero-order valence-corrected chi connectivity index (χ0v) is 12.9. The summed E-state index contributed by atoms with van der Waals surface area (Å²) in [6.45, 7) is 3.73. The highest BCUT2D eigenvalue weighted by molar-refractivity contribution is 7.10. The van der Waals surface area contributed by atoms with Crippen LogP contribution in [0.3, 0.4) is 0 Å². The number of carbonyl (C=O) groups is 1. The van der Waals surface area contributed by atoms with Gasteiger partial charge in [0, 0.05) is 23.4 Å². The van der Waals surface area contributed by atoms with E-state index in [-0.39, 0.29) is 5.91 Å². The highest BCUT2D eigenvalue weighted by atomic mass is 32.1. The summed E-state index contributed by atoms with van der Waals surface area (Å²) in [4.78, 5) is 13.8. The predicted molar refractivity (Wildman–Crippen MR) is 81.4 cm³/mol. The SMILES string of the molecule is C[C@H]1C[C@H](CNC(=O)c2csc3c2CCCC3)CCO1. The molecule has 2 heterocycles. The molecule has 3 nitrogen and oxygen atoms in total. The van der Waals surface area contributed by atoms with Gasteiger partial charge in [0.2, 0.25) is 0 Å². The van der Waals surface area contributed by atoms with Gasteiger partial charge in [0.15, 0.2) is 0 Å². The van der Waals surface area contributed by atoms with Gasteiger partial charge in [0.05, 0.1) is 11.7 Å². The number of aryl methyl sites for hydroxylation is 1. The lowest BCUT2D eigenvalue weighted by Gasteiger charge is -2.27. The Labute approximate surface area is 124 Å². The minimum atomic E-state index is 0.128. The van der Waals surface area contributed by atoms with Gasteiger partial charge in [-0.1, -0.05) is 0 Å². The maximum absolute atomic E-state index is 12.4. The molecule has 110 valence electrons. The van der Waals surface area contributed by atoms with Gasteiger partial charge < -0.3 is 10.1 Å². The standard InChI is InChI=1S/C16H23NO2S/c1-11-8-12(6-7-19-11)9-17-16(18)14-10-20-15-5-3-2-4-13(14)15/h10-12H,2-9H2,1H3,(H,17,18)/t11-,12+/m0/s1. The maximum atomic E-state index is 12.4. The lowest BCUT2D eigenvalue weighted by atomic mass is 9.94. The van der Waals surface area contributed by atoms with Crippen LogP contribution in [0.15, 0.2) is 5.38 Å². The van der Waals surface area contributed by atoms with E-state index in [2.05, 4.69) is 17.6 Å². The molecule has 1 aromatic rings. The van der Waals surface area contributed by atoms with Gasteiger partial charge in [-0.25, -0.2) is 0 Å². The molecule has 1 aliphatic heterocycles. The van der Waals surface area contributed by atoms with Crippen molar-refractivity contribution in [3.05, 3.63) is 21.4 Å². The molecule has 0 bridgehead atoms. The van der Waals surface area contributed by atoms with Crippen molar-refractivity contribution < 1.29 is 9.53 Å². The zero-order chi connectivity index (χ0) is 13.9. The number of carbonyl (C=O) groups excluding carboxylic acids is 1. The molecule has 3 rings (SSSR count). The Morgan fingerprint density at radius 3 is 3.15 bits per heavy atom. The number of amides is 1. The average molecular weight is 293 g/mol. The van der Waals surface area contributed by atoms with Crippen LogP contribution in [-0.4, -0.2) is 25.2 Å². The molecule has 0 radical (unpaired) electrons. The minimum Gasteiger partial charge on any atom is -0.378 e. The van der Waals surface area contributed by atoms with Crippen molar-refractivity contribution >= 4 is 17.2 Å². The number of rotatable bonds is 3. The number of fused-ring (bicyclic) bond motifs is 1. The van der Waals surface area contributed by atoms with E-state index in [0.717, 1.165) is 44.4 Å². The van der Waals surface area contributed by atoms with Gasteiger partial charge >= 0.3 is 0 Å². The van der Waals surface area contributed by atoms with Gasteiger partial charge in [-0.05, 0) is 56.9 Å². The van der Waals surface area contributed by atoms with Crippen LogP contribution in [0.25, 0.3) is 0 Å². The molecule has 0 saturated carbocycles. The highest BCUT2D eigenvalue weighted by Crippen LogP contribution is 2.30. The predicted octanol–water partition coefficient (Wildman–Crippen LogP) is 3.17. The summed E-state index contributed by atoms with van der Waals surface area (Å²) in [5, 5.41) is 5.19. The molecule has 1 aromatic heterocycles. The van der Waals surface area contributed by atoms with E-state index in [4.69, 9.17) is 4.74 Å². The largest absolute Gasteiger partial charge is 0.378 e. The second kappa shape index (κ2) is 6.27. The normalized spacial score (nSPS) is 26.1. The fourth-order valence-corrected chi connectivity index (χ4v) is 4.42. The lowest BCUT2D eigenvalue weighted by Crippen LogP contribution is -2.34. The third kappa shape index (κ3) is 3.07. The molecule has 2 aliphatic rings. The van der Waals surface area contributed by atoms with Crippen molar-refractivity contribution in [2.24, 2.45) is 5.92 Å². The van der Waals surface area contributed by atoms with Crippen LogP contribution in [0.5, 0.6) is 0 Å². The van der Waals surface area contributed by atoms with E-state index in [0.29, 0.717) is 12.0 Å². The molecule has 1 aliphatic carbocycles. The third-order valence-electron chi connectivity index (χ3n) is 4.45. The quantitative estimate of drug-likeness (QED) is 0.929. The number of hydrogen-bond donors (Lipinski definition) is 1. The van der Waals surface area contributed by atoms with Gasteiger partial charge in [-0.3, -0.25) is 4.79 Å². The Hall–Kier alpha value is -0.870. The minimum absolute atomic E-state index is 0.128. The van der Waals surface area contributed by atoms with E-state index >= 15 is 0 Å². The lowest BCUT2D eigenvalue weighted by molar-refractivity contribution is 0.00302. The Bertz CT molecular complexity index is 483. The third-order valence-corrected chi connectivity index (χ3v) is 5.54. The fourth-order valence-electron chi connectivity index (χ4n) is 3.29. The summed E-state index contributed by atoms with van der Waals surface area (Å²) >= 11 is 1.76. The zero-order valence-electron chi connectivity index (χ0n) is 12.1. The Morgan fingerprint density at radius 2 is 2.30 bits per heavy atom. The number of ether oxygens (including phenoxy) is 1. The molecular formula is C16H23NO2S. The smallest absolute Gasteiger partial charge is 0.252 e. The van der Waals surface area contributed by atoms with Crippen LogP contribution in [0.1, 0.15) is 53.4 Å². The molecule has 0 spiro atoms. The van der Waals surface area contributed by atoms with Crippen molar-refractivity contribution in [2.75, 3.05) is 13.2 Å². The van der Waals surface area contributed by atoms with Crippen LogP contribution >= 0.6 is 11.3 Å². The molecule has 1 N–H and O–H groups in total. The van der Waals surface area contributed by atoms with Crippen molar-refractivity contribution in [1.82, 2.24) is 5.32 Å². The molecule has 0 unspecified atom stereocenters. The van der Waals surface area contributed by atoms with Gasteiger partial charge in [-0.2, -0.15) is 0 Å². The average Bonchev–Trinajstić information content (AvgIpc) is 2.89. The molecule has 20 heavy (non-hydrogen) atoms. The van der Waals surface area contributed by atoms with Crippen molar-refractivity contribution in [2.45, 2.75) is 51.6 Å². The summed E-state index contributed by atoms with van der Waals surface area (Å²) in [6.07, 6.45) is 7.19. The highest BCUT2D eigenvalue weighted by Gasteiger charge is 2.22. The molecule has 1 saturated heterocycles. The van der Waals surface area contributed by atoms with E-state index in [9.17, 15) is 4.79 Å². The maximum Gasteiger partial charge on any atom is 0.252 e.